The van der Waals surface area contributed by atoms with Gasteiger partial charge in [0.1, 0.15) is 13.2 Å². The van der Waals surface area contributed by atoms with Crippen molar-refractivity contribution in [2.75, 3.05) is 19.0 Å². The van der Waals surface area contributed by atoms with Crippen LogP contribution in [0.4, 0.5) is 0 Å². The van der Waals surface area contributed by atoms with Crippen molar-refractivity contribution in [1.29, 1.82) is 0 Å². The second-order valence-corrected chi connectivity index (χ2v) is 6.63. The van der Waals surface area contributed by atoms with Crippen molar-refractivity contribution in [2.24, 2.45) is 5.10 Å². The Morgan fingerprint density at radius 3 is 2.84 bits per heavy atom. The molecular weight excluding hydrogens is 336 g/mol. The minimum absolute atomic E-state index is 0.129. The number of nitrogens with zero attached hydrogens (tertiary/aromatic N) is 1. The molecule has 0 spiro atoms. The molecule has 0 unspecified atom stereocenters. The lowest BCUT2D eigenvalue weighted by molar-refractivity contribution is -0.118. The lowest BCUT2D eigenvalue weighted by atomic mass is 10.2. The number of aryl methyl sites for hydroxylation is 1. The Kier molecular flexibility index (Phi) is 5.95. The summed E-state index contributed by atoms with van der Waals surface area (Å²) in [5.74, 6) is 2.40. The summed E-state index contributed by atoms with van der Waals surface area (Å²) >= 11 is 1.56. The van der Waals surface area contributed by atoms with E-state index in [0.29, 0.717) is 30.5 Å². The van der Waals surface area contributed by atoms with Crippen LogP contribution in [0.2, 0.25) is 0 Å². The van der Waals surface area contributed by atoms with Gasteiger partial charge in [0, 0.05) is 11.3 Å². The minimum atomic E-state index is -0.129. The molecule has 25 heavy (non-hydrogen) atoms. The van der Waals surface area contributed by atoms with Crippen LogP contribution in [0.15, 0.2) is 47.6 Å². The molecule has 1 heterocycles. The first-order valence-corrected chi connectivity index (χ1v) is 9.21. The smallest absolute Gasteiger partial charge is 0.250 e. The fraction of sp³-hybridized carbons (Fsp3) is 0.263. The Labute approximate surface area is 151 Å². The largest absolute Gasteiger partial charge is 0.486 e. The number of fused-ring (bicyclic) bond motifs is 1. The number of para-hydroxylation sites is 1. The number of nitrogens with one attached hydrogen (secondary N) is 1. The fourth-order valence-electron chi connectivity index (χ4n) is 2.35. The number of hydrogen-bond donors (Lipinski definition) is 1. The van der Waals surface area contributed by atoms with E-state index in [1.54, 1.807) is 18.0 Å². The van der Waals surface area contributed by atoms with Crippen molar-refractivity contribution in [2.45, 2.75) is 12.7 Å². The average Bonchev–Trinajstić information content (AvgIpc) is 2.64. The zero-order valence-electron chi connectivity index (χ0n) is 14.0. The molecule has 0 aliphatic carbocycles. The van der Waals surface area contributed by atoms with Crippen LogP contribution >= 0.6 is 11.8 Å². The molecule has 6 heteroatoms. The number of amides is 1. The van der Waals surface area contributed by atoms with Gasteiger partial charge < -0.3 is 9.47 Å². The van der Waals surface area contributed by atoms with Crippen molar-refractivity contribution in [3.05, 3.63) is 59.2 Å². The van der Waals surface area contributed by atoms with Gasteiger partial charge in [0.05, 0.1) is 12.0 Å². The van der Waals surface area contributed by atoms with E-state index in [-0.39, 0.29) is 5.91 Å². The zero-order valence-corrected chi connectivity index (χ0v) is 14.8. The lowest BCUT2D eigenvalue weighted by Crippen LogP contribution is -2.20. The first kappa shape index (κ1) is 17.4. The van der Waals surface area contributed by atoms with Crippen LogP contribution in [-0.4, -0.2) is 31.1 Å². The summed E-state index contributed by atoms with van der Waals surface area (Å²) in [6.45, 7) is 3.12. The Balaban J connectivity index is 1.46. The third kappa shape index (κ3) is 5.00. The minimum Gasteiger partial charge on any atom is -0.486 e. The first-order chi connectivity index (χ1) is 12.2. The van der Waals surface area contributed by atoms with Crippen molar-refractivity contribution in [1.82, 2.24) is 5.43 Å². The predicted molar refractivity (Wildman–Crippen MR) is 101 cm³/mol. The number of carbonyl (C=O) groups is 1. The molecule has 0 radical (unpaired) electrons. The Morgan fingerprint density at radius 2 is 2.00 bits per heavy atom. The van der Waals surface area contributed by atoms with Crippen molar-refractivity contribution in [3.8, 4) is 11.5 Å². The van der Waals surface area contributed by atoms with E-state index in [0.717, 1.165) is 11.3 Å². The lowest BCUT2D eigenvalue weighted by Gasteiger charge is -2.19. The van der Waals surface area contributed by atoms with Crippen LogP contribution in [0.5, 0.6) is 11.5 Å². The highest BCUT2D eigenvalue weighted by Crippen LogP contribution is 2.32. The number of benzene rings is 2. The molecule has 2 aromatic rings. The number of ether oxygens (including phenoxy) is 2. The number of hydrazone groups is 1. The highest BCUT2D eigenvalue weighted by molar-refractivity contribution is 7.99. The molecule has 2 aromatic carbocycles. The standard InChI is InChI=1S/C19H20N2O3S/c1-14-5-7-15(8-6-14)12-25-13-18(22)21-20-11-16-3-2-4-17-19(16)24-10-9-23-17/h2-8,11H,9-10,12-13H2,1H3,(H,21,22)/b20-11-. The van der Waals surface area contributed by atoms with Gasteiger partial charge in [0.15, 0.2) is 11.5 Å². The third-order valence-electron chi connectivity index (χ3n) is 3.61. The van der Waals surface area contributed by atoms with Crippen LogP contribution in [0.3, 0.4) is 0 Å². The monoisotopic (exact) mass is 356 g/mol. The van der Waals surface area contributed by atoms with E-state index in [1.807, 2.05) is 18.2 Å². The average molecular weight is 356 g/mol. The molecule has 1 amide bonds. The molecule has 0 saturated carbocycles. The second-order valence-electron chi connectivity index (χ2n) is 5.64. The summed E-state index contributed by atoms with van der Waals surface area (Å²) in [5.41, 5.74) is 5.77. The third-order valence-corrected chi connectivity index (χ3v) is 4.62. The molecule has 0 fully saturated rings. The predicted octanol–water partition coefficient (Wildman–Crippen LogP) is 3.15. The maximum Gasteiger partial charge on any atom is 0.250 e. The van der Waals surface area contributed by atoms with Crippen LogP contribution in [0.1, 0.15) is 16.7 Å². The molecule has 1 N–H and O–H groups in total. The van der Waals surface area contributed by atoms with Crippen LogP contribution < -0.4 is 14.9 Å². The van der Waals surface area contributed by atoms with Gasteiger partial charge in [-0.3, -0.25) is 4.79 Å². The molecule has 3 rings (SSSR count). The van der Waals surface area contributed by atoms with Crippen LogP contribution in [0, 0.1) is 6.92 Å². The molecule has 0 aromatic heterocycles. The molecule has 1 aliphatic heterocycles. The van der Waals surface area contributed by atoms with Crippen molar-refractivity contribution < 1.29 is 14.3 Å². The maximum absolute atomic E-state index is 11.9. The summed E-state index contributed by atoms with van der Waals surface area (Å²) in [6.07, 6.45) is 1.58. The molecule has 0 bridgehead atoms. The highest BCUT2D eigenvalue weighted by Gasteiger charge is 2.14. The zero-order chi connectivity index (χ0) is 17.5. The van der Waals surface area contributed by atoms with Gasteiger partial charge in [-0.15, -0.1) is 11.8 Å². The van der Waals surface area contributed by atoms with Gasteiger partial charge in [-0.25, -0.2) is 5.43 Å². The van der Waals surface area contributed by atoms with E-state index < -0.39 is 0 Å². The molecule has 5 nitrogen and oxygen atoms in total. The quantitative estimate of drug-likeness (QED) is 0.638. The van der Waals surface area contributed by atoms with Crippen molar-refractivity contribution >= 4 is 23.9 Å². The summed E-state index contributed by atoms with van der Waals surface area (Å²) in [7, 11) is 0. The van der Waals surface area contributed by atoms with E-state index in [1.165, 1.54) is 11.1 Å². The number of carbonyl (C=O) groups excluding carboxylic acids is 1. The topological polar surface area (TPSA) is 59.9 Å². The van der Waals surface area contributed by atoms with Crippen molar-refractivity contribution in [3.63, 3.8) is 0 Å². The Hall–Kier alpha value is -2.47. The molecule has 0 atom stereocenters. The summed E-state index contributed by atoms with van der Waals surface area (Å²) in [6, 6.07) is 13.9. The molecule has 130 valence electrons. The van der Waals surface area contributed by atoms with Gasteiger partial charge in [0.25, 0.3) is 0 Å². The van der Waals surface area contributed by atoms with Gasteiger partial charge >= 0.3 is 0 Å². The number of rotatable bonds is 6. The molecular formula is C19H20N2O3S. The first-order valence-electron chi connectivity index (χ1n) is 8.06. The van der Waals surface area contributed by atoms with Crippen LogP contribution in [0.25, 0.3) is 0 Å². The van der Waals surface area contributed by atoms with Gasteiger partial charge in [-0.1, -0.05) is 35.9 Å². The van der Waals surface area contributed by atoms with E-state index in [4.69, 9.17) is 9.47 Å². The van der Waals surface area contributed by atoms with Gasteiger partial charge in [-0.05, 0) is 24.6 Å². The SMILES string of the molecule is Cc1ccc(CSCC(=O)N/N=C\c2cccc3c2OCCO3)cc1. The maximum atomic E-state index is 11.9. The summed E-state index contributed by atoms with van der Waals surface area (Å²) in [5, 5.41) is 4.01. The Morgan fingerprint density at radius 1 is 1.20 bits per heavy atom. The summed E-state index contributed by atoms with van der Waals surface area (Å²) < 4.78 is 11.1. The van der Waals surface area contributed by atoms with Crippen LogP contribution in [-0.2, 0) is 10.5 Å². The van der Waals surface area contributed by atoms with Gasteiger partial charge in [-0.2, -0.15) is 5.10 Å². The number of hydrogen-bond acceptors (Lipinski definition) is 5. The summed E-state index contributed by atoms with van der Waals surface area (Å²) in [4.78, 5) is 11.9. The number of thioether (sulfide) groups is 1. The fourth-order valence-corrected chi connectivity index (χ4v) is 3.13. The van der Waals surface area contributed by atoms with E-state index >= 15 is 0 Å². The van der Waals surface area contributed by atoms with E-state index in [2.05, 4.69) is 41.7 Å². The Bertz CT molecular complexity index is 760. The van der Waals surface area contributed by atoms with Gasteiger partial charge in [0.2, 0.25) is 5.91 Å². The highest BCUT2D eigenvalue weighted by atomic mass is 32.2. The molecule has 0 saturated heterocycles. The second kappa shape index (κ2) is 8.58. The molecule has 1 aliphatic rings. The normalized spacial score (nSPS) is 13.0. The van der Waals surface area contributed by atoms with E-state index in [9.17, 15) is 4.79 Å².